The van der Waals surface area contributed by atoms with Gasteiger partial charge in [0.25, 0.3) is 0 Å². The number of hydrogen-bond donors (Lipinski definition) is 3. The Morgan fingerprint density at radius 2 is 0.786 bits per heavy atom. The fraction of sp³-hybridized carbons (Fsp3) is 0.750. The number of amides is 1. The van der Waals surface area contributed by atoms with Gasteiger partial charge >= 0.3 is 0 Å². The summed E-state index contributed by atoms with van der Waals surface area (Å²) in [5.41, 5.74) is 0. The van der Waals surface area contributed by atoms with Crippen molar-refractivity contribution in [2.45, 2.75) is 244 Å². The van der Waals surface area contributed by atoms with Crippen molar-refractivity contribution < 1.29 is 15.0 Å². The molecule has 0 heterocycles. The molecular weight excluding hydrogens is 687 g/mol. The molecule has 4 nitrogen and oxygen atoms in total. The number of nitrogens with one attached hydrogen (secondary N) is 1. The molecule has 0 rings (SSSR count). The summed E-state index contributed by atoms with van der Waals surface area (Å²) in [6.45, 7) is 4.24. The Labute approximate surface area is 349 Å². The highest BCUT2D eigenvalue weighted by Crippen LogP contribution is 2.16. The molecule has 56 heavy (non-hydrogen) atoms. The zero-order chi connectivity index (χ0) is 40.7. The first-order valence-electron chi connectivity index (χ1n) is 24.1. The van der Waals surface area contributed by atoms with Crippen LogP contribution in [-0.4, -0.2) is 34.9 Å². The van der Waals surface area contributed by atoms with Gasteiger partial charge in [-0.1, -0.05) is 234 Å². The first-order valence-corrected chi connectivity index (χ1v) is 24.1. The lowest BCUT2D eigenvalue weighted by atomic mass is 10.0. The minimum absolute atomic E-state index is 0.0566. The molecule has 4 heteroatoms. The van der Waals surface area contributed by atoms with E-state index in [-0.39, 0.29) is 12.5 Å². The minimum atomic E-state index is -0.675. The van der Waals surface area contributed by atoms with Crippen LogP contribution in [0.15, 0.2) is 72.9 Å². The van der Waals surface area contributed by atoms with Crippen LogP contribution in [0.25, 0.3) is 0 Å². The van der Waals surface area contributed by atoms with Crippen molar-refractivity contribution in [3.8, 4) is 0 Å². The van der Waals surface area contributed by atoms with E-state index in [1.165, 1.54) is 122 Å². The maximum atomic E-state index is 12.4. The van der Waals surface area contributed by atoms with Gasteiger partial charge in [-0.25, -0.2) is 0 Å². The van der Waals surface area contributed by atoms with E-state index >= 15 is 0 Å². The lowest BCUT2D eigenvalue weighted by molar-refractivity contribution is -0.123. The number of rotatable bonds is 43. The normalized spacial score (nSPS) is 13.6. The molecule has 0 fully saturated rings. The van der Waals surface area contributed by atoms with E-state index in [9.17, 15) is 15.0 Å². The number of hydrogen-bond acceptors (Lipinski definition) is 3. The molecule has 0 spiro atoms. The van der Waals surface area contributed by atoms with Gasteiger partial charge in [0.15, 0.2) is 0 Å². The number of carbonyl (C=O) groups is 1. The summed E-state index contributed by atoms with van der Waals surface area (Å²) >= 11 is 0. The Kier molecular flexibility index (Phi) is 45.4. The molecule has 324 valence electrons. The summed E-state index contributed by atoms with van der Waals surface area (Å²) in [6, 6.07) is -0.555. The molecule has 2 atom stereocenters. The molecule has 0 aliphatic heterocycles. The van der Waals surface area contributed by atoms with Gasteiger partial charge in [0, 0.05) is 6.42 Å². The van der Waals surface area contributed by atoms with Gasteiger partial charge in [0.2, 0.25) is 5.91 Å². The molecule has 0 bridgehead atoms. The van der Waals surface area contributed by atoms with Gasteiger partial charge in [0.05, 0.1) is 18.8 Å². The molecule has 0 saturated carbocycles. The molecule has 0 aromatic carbocycles. The summed E-state index contributed by atoms with van der Waals surface area (Å²) in [6.07, 6.45) is 67.0. The molecule has 0 aliphatic carbocycles. The second kappa shape index (κ2) is 47.2. The third kappa shape index (κ3) is 43.0. The zero-order valence-electron chi connectivity index (χ0n) is 37.1. The van der Waals surface area contributed by atoms with E-state index in [0.29, 0.717) is 12.8 Å². The minimum Gasteiger partial charge on any atom is -0.394 e. The van der Waals surface area contributed by atoms with Crippen molar-refractivity contribution in [1.29, 1.82) is 0 Å². The van der Waals surface area contributed by atoms with Crippen LogP contribution < -0.4 is 5.32 Å². The molecule has 0 aromatic heterocycles. The van der Waals surface area contributed by atoms with E-state index in [1.807, 2.05) is 0 Å². The Balaban J connectivity index is 3.59. The van der Waals surface area contributed by atoms with Crippen LogP contribution in [0, 0.1) is 0 Å². The van der Waals surface area contributed by atoms with Crippen molar-refractivity contribution in [3.63, 3.8) is 0 Å². The Hall–Kier alpha value is -2.17. The Bertz CT molecular complexity index is 977. The second-order valence-electron chi connectivity index (χ2n) is 16.2. The van der Waals surface area contributed by atoms with E-state index in [1.54, 1.807) is 0 Å². The maximum absolute atomic E-state index is 12.4. The van der Waals surface area contributed by atoms with Gasteiger partial charge in [-0.05, 0) is 64.2 Å². The number of aliphatic hydroxyl groups is 2. The number of carbonyl (C=O) groups excluding carboxylic acids is 1. The van der Waals surface area contributed by atoms with Crippen molar-refractivity contribution in [2.24, 2.45) is 0 Å². The third-order valence-corrected chi connectivity index (χ3v) is 10.7. The van der Waals surface area contributed by atoms with Crippen LogP contribution >= 0.6 is 0 Å². The number of aliphatic hydroxyl groups excluding tert-OH is 2. The first kappa shape index (κ1) is 53.8. The van der Waals surface area contributed by atoms with Gasteiger partial charge < -0.3 is 15.5 Å². The average molecular weight is 780 g/mol. The first-order chi connectivity index (χ1) is 27.7. The quantitative estimate of drug-likeness (QED) is 0.0426. The fourth-order valence-corrected chi connectivity index (χ4v) is 7.07. The summed E-state index contributed by atoms with van der Waals surface area (Å²) in [5, 5.41) is 23.2. The average Bonchev–Trinajstić information content (AvgIpc) is 3.20. The van der Waals surface area contributed by atoms with Crippen LogP contribution in [0.4, 0.5) is 0 Å². The third-order valence-electron chi connectivity index (χ3n) is 10.7. The molecule has 3 N–H and O–H groups in total. The van der Waals surface area contributed by atoms with E-state index in [4.69, 9.17) is 0 Å². The molecule has 0 aliphatic rings. The van der Waals surface area contributed by atoms with E-state index < -0.39 is 12.1 Å². The smallest absolute Gasteiger partial charge is 0.220 e. The van der Waals surface area contributed by atoms with E-state index in [2.05, 4.69) is 92.1 Å². The van der Waals surface area contributed by atoms with Crippen LogP contribution in [-0.2, 0) is 4.79 Å². The van der Waals surface area contributed by atoms with Crippen LogP contribution in [0.3, 0.4) is 0 Å². The van der Waals surface area contributed by atoms with Gasteiger partial charge in [-0.2, -0.15) is 0 Å². The highest BCUT2D eigenvalue weighted by Gasteiger charge is 2.20. The molecule has 0 saturated heterocycles. The lowest BCUT2D eigenvalue weighted by Gasteiger charge is -2.22. The summed E-state index contributed by atoms with van der Waals surface area (Å²) in [4.78, 5) is 12.4. The van der Waals surface area contributed by atoms with Crippen LogP contribution in [0.5, 0.6) is 0 Å². The number of unbranched alkanes of at least 4 members (excludes halogenated alkanes) is 24. The second-order valence-corrected chi connectivity index (χ2v) is 16.2. The molecule has 2 unspecified atom stereocenters. The van der Waals surface area contributed by atoms with Crippen molar-refractivity contribution >= 4 is 5.91 Å². The summed E-state index contributed by atoms with van der Waals surface area (Å²) in [5.74, 6) is -0.0566. The fourth-order valence-electron chi connectivity index (χ4n) is 7.07. The maximum Gasteiger partial charge on any atom is 0.220 e. The Morgan fingerprint density at radius 1 is 0.446 bits per heavy atom. The van der Waals surface area contributed by atoms with Crippen LogP contribution in [0.2, 0.25) is 0 Å². The van der Waals surface area contributed by atoms with Crippen molar-refractivity contribution in [3.05, 3.63) is 72.9 Å². The van der Waals surface area contributed by atoms with Gasteiger partial charge in [0.1, 0.15) is 0 Å². The largest absolute Gasteiger partial charge is 0.394 e. The highest BCUT2D eigenvalue weighted by molar-refractivity contribution is 5.76. The van der Waals surface area contributed by atoms with Crippen molar-refractivity contribution in [1.82, 2.24) is 5.32 Å². The Morgan fingerprint density at radius 3 is 1.18 bits per heavy atom. The van der Waals surface area contributed by atoms with Gasteiger partial charge in [-0.3, -0.25) is 4.79 Å². The zero-order valence-corrected chi connectivity index (χ0v) is 37.1. The number of allylic oxidation sites excluding steroid dienone is 12. The van der Waals surface area contributed by atoms with Crippen LogP contribution in [0.1, 0.15) is 232 Å². The molecule has 0 radical (unpaired) electrons. The predicted octanol–water partition coefficient (Wildman–Crippen LogP) is 15.5. The van der Waals surface area contributed by atoms with Crippen molar-refractivity contribution in [2.75, 3.05) is 6.61 Å². The molecule has 1 amide bonds. The topological polar surface area (TPSA) is 69.6 Å². The lowest BCUT2D eigenvalue weighted by Crippen LogP contribution is -2.45. The van der Waals surface area contributed by atoms with Gasteiger partial charge in [-0.15, -0.1) is 0 Å². The predicted molar refractivity (Wildman–Crippen MR) is 248 cm³/mol. The highest BCUT2D eigenvalue weighted by atomic mass is 16.3. The summed E-state index contributed by atoms with van der Waals surface area (Å²) in [7, 11) is 0. The monoisotopic (exact) mass is 780 g/mol. The van der Waals surface area contributed by atoms with E-state index in [0.717, 1.165) is 83.5 Å². The molecular formula is C52H93NO3. The standard InChI is InChI=1S/C52H93NO3/c1-3-5-7-9-11-13-15-17-19-21-23-25-26-28-30-32-34-36-38-40-42-44-46-48-52(56)53-50(49-54)51(55)47-45-43-41-39-37-35-33-31-29-27-24-22-20-18-16-14-12-10-8-6-4-2/h5,7,11,13,17,19,23,25,28,30,34,36,50-51,54-55H,3-4,6,8-10,12,14-16,18,20-22,24,26-27,29,31-33,35,37-49H2,1-2H3,(H,53,56)/b7-5-,13-11-,19-17-,25-23-,30-28-,36-34-. The molecule has 0 aromatic rings. The summed E-state index contributed by atoms with van der Waals surface area (Å²) < 4.78 is 0. The SMILES string of the molecule is CC/C=C\C/C=C\C/C=C\C/C=C\C/C=C\C/C=C\CCCCCCC(=O)NC(CO)C(O)CCCCCCCCCCCCCCCCCCCCCCC.